The number of nitrogens with one attached hydrogen (secondary N) is 7. The van der Waals surface area contributed by atoms with Crippen molar-refractivity contribution in [2.75, 3.05) is 185 Å². The van der Waals surface area contributed by atoms with E-state index in [-0.39, 0.29) is 234 Å². The molecule has 0 aromatic carbocycles. The van der Waals surface area contributed by atoms with Crippen LogP contribution in [0.4, 0.5) is 0 Å². The van der Waals surface area contributed by atoms with E-state index in [1.54, 1.807) is 7.05 Å². The highest BCUT2D eigenvalue weighted by atomic mass is 16.6. The molecule has 0 aliphatic heterocycles. The summed E-state index contributed by atoms with van der Waals surface area (Å²) in [5, 5.41) is 136. The largest absolute Gasteiger partial charge is 0.508 e. The molecule has 0 radical (unpaired) electrons. The second kappa shape index (κ2) is 58.5. The minimum Gasteiger partial charge on any atom is -0.508 e. The first kappa shape index (κ1) is 90.6. The molecule has 0 heterocycles. The van der Waals surface area contributed by atoms with Crippen LogP contribution in [0.3, 0.4) is 0 Å². The first-order chi connectivity index (χ1) is 46.0. The van der Waals surface area contributed by atoms with Crippen LogP contribution in [0.25, 0.3) is 0 Å². The Hall–Kier alpha value is -5.44. The topological polar surface area (TPSA) is 540 Å². The van der Waals surface area contributed by atoms with Gasteiger partial charge in [0.25, 0.3) is 0 Å². The monoisotopic (exact) mass is 1400 g/mol. The second-order valence-electron chi connectivity index (χ2n) is 20.8. The van der Waals surface area contributed by atoms with Gasteiger partial charge in [-0.05, 0) is 26.3 Å². The maximum absolute atomic E-state index is 13.1. The van der Waals surface area contributed by atoms with Crippen LogP contribution in [-0.4, -0.2) is 325 Å². The molecule has 19 N–H and O–H groups in total. The molecule has 0 fully saturated rings. The Morgan fingerprint density at radius 3 is 0.750 bits per heavy atom. The minimum atomic E-state index is -1.79. The van der Waals surface area contributed by atoms with E-state index >= 15 is 0 Å². The summed E-state index contributed by atoms with van der Waals surface area (Å²) in [4.78, 5) is 73.7. The van der Waals surface area contributed by atoms with Crippen molar-refractivity contribution in [2.45, 2.75) is 121 Å². The van der Waals surface area contributed by atoms with Crippen molar-refractivity contribution >= 4 is 35.4 Å². The Bertz CT molecular complexity index is 1970. The van der Waals surface area contributed by atoms with Crippen molar-refractivity contribution in [1.29, 1.82) is 0 Å². The van der Waals surface area contributed by atoms with Crippen LogP contribution in [0.15, 0.2) is 34.4 Å². The molecule has 6 atom stereocenters. The van der Waals surface area contributed by atoms with Gasteiger partial charge in [-0.3, -0.25) is 28.8 Å². The zero-order valence-electron chi connectivity index (χ0n) is 55.6. The lowest BCUT2D eigenvalue weighted by Gasteiger charge is -2.34. The summed E-state index contributed by atoms with van der Waals surface area (Å²) in [6, 6.07) is 0. The molecule has 560 valence electrons. The van der Waals surface area contributed by atoms with Gasteiger partial charge in [-0.2, -0.15) is 0 Å². The molecule has 0 aliphatic carbocycles. The van der Waals surface area contributed by atoms with Crippen molar-refractivity contribution in [3.63, 3.8) is 0 Å². The zero-order valence-corrected chi connectivity index (χ0v) is 55.6. The molecule has 0 saturated heterocycles. The van der Waals surface area contributed by atoms with Gasteiger partial charge in [-0.25, -0.2) is 0 Å². The van der Waals surface area contributed by atoms with Crippen LogP contribution in [-0.2, 0) is 85.6 Å². The van der Waals surface area contributed by atoms with Gasteiger partial charge in [-0.1, -0.05) is 0 Å². The number of carbonyl (C=O) groups is 6. The normalized spacial score (nSPS) is 15.0. The number of aliphatic hydroxyl groups excluding tert-OH is 12. The summed E-state index contributed by atoms with van der Waals surface area (Å²) in [7, 11) is 1.69. The van der Waals surface area contributed by atoms with E-state index in [2.05, 4.69) is 37.2 Å². The third-order valence-corrected chi connectivity index (χ3v) is 13.1. The molecule has 6 amide bonds. The molecule has 0 spiro atoms. The molecule has 0 aromatic rings. The molecule has 96 heavy (non-hydrogen) atoms. The summed E-state index contributed by atoms with van der Waals surface area (Å²) in [5.74, 6) is -5.02. The molecule has 37 nitrogen and oxygen atoms in total. The molecular formula is C59H109N7O30. The van der Waals surface area contributed by atoms with Crippen LogP contribution in [0.2, 0.25) is 0 Å². The van der Waals surface area contributed by atoms with Gasteiger partial charge in [0.15, 0.2) is 18.9 Å². The van der Waals surface area contributed by atoms with Crippen LogP contribution in [0.5, 0.6) is 0 Å². The molecule has 0 rings (SSSR count). The highest BCUT2D eigenvalue weighted by Gasteiger charge is 2.31. The number of amides is 6. The summed E-state index contributed by atoms with van der Waals surface area (Å²) in [6.07, 6.45) is -9.74. The van der Waals surface area contributed by atoms with E-state index in [0.717, 1.165) is 20.8 Å². The molecule has 0 bridgehead atoms. The Kier molecular flexibility index (Phi) is 55.2. The van der Waals surface area contributed by atoms with Crippen molar-refractivity contribution in [3.05, 3.63) is 34.4 Å². The SMILES string of the molecule is CNC(CCC(=O)NCCOCCOCCOCCOC(O)/C(NC(C)=O)=C(/O)C(O)CCO)(CCC(=O)NCCOCCOCCOCCOC(O)/C(NC(C)=O)=C(/O)C(O)CCO)CCC(=O)NCCOCCOCCOCCOC(O)/C(NC(C)=O)=C(\O)C(O)CCO. The van der Waals surface area contributed by atoms with Gasteiger partial charge in [0, 0.05) is 104 Å². The third-order valence-electron chi connectivity index (χ3n) is 13.1. The van der Waals surface area contributed by atoms with E-state index in [1.807, 2.05) is 0 Å². The van der Waals surface area contributed by atoms with E-state index < -0.39 is 115 Å². The number of hydrogen-bond donors (Lipinski definition) is 19. The highest BCUT2D eigenvalue weighted by molar-refractivity contribution is 5.78. The average Bonchev–Trinajstić information content (AvgIpc) is 1.13. The Labute approximate surface area is 559 Å². The van der Waals surface area contributed by atoms with E-state index in [4.69, 9.17) is 72.2 Å². The number of rotatable bonds is 64. The predicted molar refractivity (Wildman–Crippen MR) is 335 cm³/mol. The Morgan fingerprint density at radius 1 is 0.344 bits per heavy atom. The van der Waals surface area contributed by atoms with Crippen molar-refractivity contribution in [1.82, 2.24) is 37.2 Å². The van der Waals surface area contributed by atoms with E-state index in [0.29, 0.717) is 0 Å². The summed E-state index contributed by atoms with van der Waals surface area (Å²) >= 11 is 0. The first-order valence-electron chi connectivity index (χ1n) is 31.6. The van der Waals surface area contributed by atoms with Gasteiger partial charge in [0.1, 0.15) is 52.7 Å². The number of aliphatic hydroxyl groups is 12. The molecule has 6 unspecified atom stereocenters. The lowest BCUT2D eigenvalue weighted by atomic mass is 9.83. The number of carbonyl (C=O) groups excluding carboxylic acids is 6. The number of ether oxygens (including phenoxy) is 12. The highest BCUT2D eigenvalue weighted by Crippen LogP contribution is 2.26. The smallest absolute Gasteiger partial charge is 0.221 e. The van der Waals surface area contributed by atoms with Gasteiger partial charge in [-0.15, -0.1) is 0 Å². The minimum absolute atomic E-state index is 0.00946. The van der Waals surface area contributed by atoms with Gasteiger partial charge >= 0.3 is 0 Å². The van der Waals surface area contributed by atoms with Crippen molar-refractivity contribution < 1.29 is 147 Å². The summed E-state index contributed by atoms with van der Waals surface area (Å²) < 4.78 is 64.9. The van der Waals surface area contributed by atoms with Gasteiger partial charge in [0.05, 0.1) is 139 Å². The predicted octanol–water partition coefficient (Wildman–Crippen LogP) is -5.26. The third kappa shape index (κ3) is 46.7. The van der Waals surface area contributed by atoms with Gasteiger partial charge < -0.3 is 155 Å². The summed E-state index contributed by atoms with van der Waals surface area (Å²) in [5.41, 5.74) is -2.20. The van der Waals surface area contributed by atoms with E-state index in [9.17, 15) is 74.7 Å². The molecule has 0 aliphatic rings. The fourth-order valence-corrected chi connectivity index (χ4v) is 8.03. The standard InChI is InChI=1S/C59H109N7O30/c1-41(70)64-50(53(79)44(73)8-17-67)56(82)94-38-35-91-32-29-88-26-23-85-20-14-61-47(76)5-11-59(60-4,12-6-48(77)62-15-21-86-24-27-89-30-33-92-36-39-95-57(83)51(65-42(2)71)54(80)45(74)9-18-68)13-7-49(78)63-16-22-87-25-28-90-31-34-93-37-40-96-58(84)52(66-43(3)72)55(81)46(75)10-19-69/h44-46,56-58,60,67-69,73-75,79-84H,5-40H2,1-4H3,(H,61,76)(H,62,77)(H,63,78)(H,64,70)(H,65,71)(H,66,72)/b53-50-,54-51-,55-52+. The fraction of sp³-hybridized carbons (Fsp3) is 0.797. The lowest BCUT2D eigenvalue weighted by Crippen LogP contribution is -2.46. The zero-order chi connectivity index (χ0) is 71.8. The second-order valence-corrected chi connectivity index (χ2v) is 20.8. The van der Waals surface area contributed by atoms with E-state index in [1.165, 1.54) is 0 Å². The molecular weight excluding hydrogens is 1290 g/mol. The van der Waals surface area contributed by atoms with Crippen LogP contribution >= 0.6 is 0 Å². The first-order valence-corrected chi connectivity index (χ1v) is 31.6. The molecule has 0 saturated carbocycles. The maximum Gasteiger partial charge on any atom is 0.221 e. The Morgan fingerprint density at radius 2 is 0.552 bits per heavy atom. The quantitative estimate of drug-likeness (QED) is 0.0154. The maximum atomic E-state index is 13.1. The average molecular weight is 1400 g/mol. The molecule has 37 heteroatoms. The van der Waals surface area contributed by atoms with Gasteiger partial charge in [0.2, 0.25) is 35.4 Å². The Balaban J connectivity index is 4.97. The fourth-order valence-electron chi connectivity index (χ4n) is 8.03. The molecule has 0 aromatic heterocycles. The van der Waals surface area contributed by atoms with Crippen molar-refractivity contribution in [3.8, 4) is 0 Å². The van der Waals surface area contributed by atoms with Crippen molar-refractivity contribution in [2.24, 2.45) is 0 Å². The lowest BCUT2D eigenvalue weighted by molar-refractivity contribution is -0.123. The van der Waals surface area contributed by atoms with Crippen LogP contribution < -0.4 is 37.2 Å². The summed E-state index contributed by atoms with van der Waals surface area (Å²) in [6.45, 7) is 5.01. The van der Waals surface area contributed by atoms with Crippen LogP contribution in [0, 0.1) is 0 Å². The number of hydrogen-bond acceptors (Lipinski definition) is 31. The van der Waals surface area contributed by atoms with Crippen LogP contribution in [0.1, 0.15) is 78.6 Å².